The Kier molecular flexibility index (Phi) is 6.73. The second kappa shape index (κ2) is 8.78. The van der Waals surface area contributed by atoms with Crippen LogP contribution in [0.2, 0.25) is 0 Å². The van der Waals surface area contributed by atoms with Crippen molar-refractivity contribution in [2.75, 3.05) is 13.1 Å². The van der Waals surface area contributed by atoms with Crippen molar-refractivity contribution in [3.8, 4) is 0 Å². The zero-order valence-corrected chi connectivity index (χ0v) is 14.4. The smallest absolute Gasteiger partial charge is 0.272 e. The van der Waals surface area contributed by atoms with Gasteiger partial charge in [0.05, 0.1) is 12.1 Å². The van der Waals surface area contributed by atoms with E-state index < -0.39 is 6.10 Å². The molecule has 1 fully saturated rings. The lowest BCUT2D eigenvalue weighted by Crippen LogP contribution is -2.47. The second-order valence-electron chi connectivity index (χ2n) is 6.78. The SMILES string of the molecule is CC(C)CCC(=O)NC1CCCN(C(=O)c2ccccn2)C[C@@H]1O. The Hall–Kier alpha value is -1.95. The molecule has 0 aromatic carbocycles. The Balaban J connectivity index is 1.91. The lowest BCUT2D eigenvalue weighted by Gasteiger charge is -2.25. The molecule has 24 heavy (non-hydrogen) atoms. The maximum absolute atomic E-state index is 12.5. The highest BCUT2D eigenvalue weighted by atomic mass is 16.3. The number of β-amino-alcohol motifs (C(OH)–C–C–N with tert-alkyl or cyclic N) is 1. The van der Waals surface area contributed by atoms with Gasteiger partial charge >= 0.3 is 0 Å². The van der Waals surface area contributed by atoms with Crippen LogP contribution in [0.25, 0.3) is 0 Å². The number of nitrogens with one attached hydrogen (secondary N) is 1. The molecule has 1 unspecified atom stereocenters. The molecule has 1 aliphatic heterocycles. The Labute approximate surface area is 143 Å². The molecule has 0 spiro atoms. The molecule has 6 heteroatoms. The van der Waals surface area contributed by atoms with E-state index in [4.69, 9.17) is 0 Å². The first-order chi connectivity index (χ1) is 11.5. The molecule has 6 nitrogen and oxygen atoms in total. The summed E-state index contributed by atoms with van der Waals surface area (Å²) in [6, 6.07) is 4.90. The fourth-order valence-corrected chi connectivity index (χ4v) is 2.84. The lowest BCUT2D eigenvalue weighted by molar-refractivity contribution is -0.123. The molecule has 2 N–H and O–H groups in total. The van der Waals surface area contributed by atoms with Crippen LogP contribution in [-0.2, 0) is 4.79 Å². The number of rotatable bonds is 5. The molecule has 1 saturated heterocycles. The number of aromatic nitrogens is 1. The van der Waals surface area contributed by atoms with E-state index in [0.717, 1.165) is 12.8 Å². The van der Waals surface area contributed by atoms with Crippen molar-refractivity contribution in [2.24, 2.45) is 5.92 Å². The van der Waals surface area contributed by atoms with Crippen molar-refractivity contribution >= 4 is 11.8 Å². The predicted octanol–water partition coefficient (Wildman–Crippen LogP) is 1.60. The summed E-state index contributed by atoms with van der Waals surface area (Å²) in [7, 11) is 0. The monoisotopic (exact) mass is 333 g/mol. The average Bonchev–Trinajstić information content (AvgIpc) is 2.75. The minimum absolute atomic E-state index is 0.0303. The molecule has 132 valence electrons. The van der Waals surface area contributed by atoms with Crippen LogP contribution in [-0.4, -0.2) is 52.0 Å². The fourth-order valence-electron chi connectivity index (χ4n) is 2.84. The van der Waals surface area contributed by atoms with E-state index in [1.807, 2.05) is 0 Å². The van der Waals surface area contributed by atoms with Gasteiger partial charge in [-0.25, -0.2) is 0 Å². The van der Waals surface area contributed by atoms with Gasteiger partial charge in [0.1, 0.15) is 5.69 Å². The summed E-state index contributed by atoms with van der Waals surface area (Å²) >= 11 is 0. The van der Waals surface area contributed by atoms with Crippen LogP contribution in [0.15, 0.2) is 24.4 Å². The molecule has 2 rings (SSSR count). The number of pyridine rings is 1. The van der Waals surface area contributed by atoms with Crippen LogP contribution >= 0.6 is 0 Å². The number of likely N-dealkylation sites (tertiary alicyclic amines) is 1. The minimum atomic E-state index is -0.761. The third-order valence-corrected chi connectivity index (χ3v) is 4.28. The fraction of sp³-hybridized carbons (Fsp3) is 0.611. The van der Waals surface area contributed by atoms with E-state index in [1.54, 1.807) is 29.3 Å². The maximum atomic E-state index is 12.5. The highest BCUT2D eigenvalue weighted by molar-refractivity contribution is 5.92. The van der Waals surface area contributed by atoms with Crippen LogP contribution in [0.1, 0.15) is 50.0 Å². The maximum Gasteiger partial charge on any atom is 0.272 e. The lowest BCUT2D eigenvalue weighted by atomic mass is 10.0. The van der Waals surface area contributed by atoms with Crippen molar-refractivity contribution in [1.29, 1.82) is 0 Å². The minimum Gasteiger partial charge on any atom is -0.389 e. The standard InChI is InChI=1S/C18H27N3O3/c1-13(2)8-9-17(23)20-14-7-5-11-21(12-16(14)22)18(24)15-6-3-4-10-19-15/h3-4,6,10,13-14,16,22H,5,7-9,11-12H2,1-2H3,(H,20,23)/t14?,16-/m0/s1. The van der Waals surface area contributed by atoms with Gasteiger partial charge in [0.2, 0.25) is 5.91 Å². The van der Waals surface area contributed by atoms with E-state index in [-0.39, 0.29) is 24.4 Å². The number of hydrogen-bond acceptors (Lipinski definition) is 4. The number of nitrogens with zero attached hydrogens (tertiary/aromatic N) is 2. The number of aliphatic hydroxyl groups is 1. The number of aliphatic hydroxyl groups excluding tert-OH is 1. The third kappa shape index (κ3) is 5.30. The van der Waals surface area contributed by atoms with Gasteiger partial charge in [-0.05, 0) is 37.3 Å². The molecule has 0 aliphatic carbocycles. The van der Waals surface area contributed by atoms with Crippen LogP contribution in [0, 0.1) is 5.92 Å². The first-order valence-electron chi connectivity index (χ1n) is 8.65. The summed E-state index contributed by atoms with van der Waals surface area (Å²) in [4.78, 5) is 30.2. The number of carbonyl (C=O) groups excluding carboxylic acids is 2. The summed E-state index contributed by atoms with van der Waals surface area (Å²) in [5, 5.41) is 13.3. The molecule has 1 aliphatic rings. The highest BCUT2D eigenvalue weighted by Gasteiger charge is 2.29. The summed E-state index contributed by atoms with van der Waals surface area (Å²) < 4.78 is 0. The summed E-state index contributed by atoms with van der Waals surface area (Å²) in [5.41, 5.74) is 0.379. The number of carbonyl (C=O) groups is 2. The Bertz CT molecular complexity index is 548. The van der Waals surface area contributed by atoms with E-state index in [0.29, 0.717) is 31.0 Å². The van der Waals surface area contributed by atoms with E-state index in [2.05, 4.69) is 24.1 Å². The largest absolute Gasteiger partial charge is 0.389 e. The van der Waals surface area contributed by atoms with Crippen molar-refractivity contribution in [3.05, 3.63) is 30.1 Å². The van der Waals surface area contributed by atoms with Crippen LogP contribution in [0.3, 0.4) is 0 Å². The Morgan fingerprint density at radius 3 is 2.88 bits per heavy atom. The average molecular weight is 333 g/mol. The molecular formula is C18H27N3O3. The number of hydrogen-bond donors (Lipinski definition) is 2. The molecule has 0 radical (unpaired) electrons. The Morgan fingerprint density at radius 2 is 2.21 bits per heavy atom. The summed E-state index contributed by atoms with van der Waals surface area (Å²) in [6.45, 7) is 4.93. The van der Waals surface area contributed by atoms with E-state index in [9.17, 15) is 14.7 Å². The highest BCUT2D eigenvalue weighted by Crippen LogP contribution is 2.15. The van der Waals surface area contributed by atoms with Crippen molar-refractivity contribution < 1.29 is 14.7 Å². The van der Waals surface area contributed by atoms with Gasteiger partial charge in [0.15, 0.2) is 0 Å². The van der Waals surface area contributed by atoms with Gasteiger partial charge in [-0.1, -0.05) is 19.9 Å². The van der Waals surface area contributed by atoms with Crippen molar-refractivity contribution in [2.45, 2.75) is 51.7 Å². The third-order valence-electron chi connectivity index (χ3n) is 4.28. The molecule has 0 bridgehead atoms. The quantitative estimate of drug-likeness (QED) is 0.857. The van der Waals surface area contributed by atoms with Gasteiger partial charge in [-0.3, -0.25) is 14.6 Å². The summed E-state index contributed by atoms with van der Waals surface area (Å²) in [6.07, 6.45) is 3.53. The van der Waals surface area contributed by atoms with Gasteiger partial charge in [0, 0.05) is 25.7 Å². The van der Waals surface area contributed by atoms with E-state index >= 15 is 0 Å². The van der Waals surface area contributed by atoms with Crippen LogP contribution in [0.4, 0.5) is 0 Å². The normalized spacial score (nSPS) is 21.4. The molecular weight excluding hydrogens is 306 g/mol. The van der Waals surface area contributed by atoms with Crippen LogP contribution in [0.5, 0.6) is 0 Å². The molecule has 1 aromatic heterocycles. The number of amides is 2. The van der Waals surface area contributed by atoms with Gasteiger partial charge in [0.25, 0.3) is 5.91 Å². The van der Waals surface area contributed by atoms with Gasteiger partial charge < -0.3 is 15.3 Å². The van der Waals surface area contributed by atoms with Crippen molar-refractivity contribution in [3.63, 3.8) is 0 Å². The molecule has 1 aromatic rings. The first kappa shape index (κ1) is 18.4. The Morgan fingerprint density at radius 1 is 1.42 bits per heavy atom. The zero-order valence-electron chi connectivity index (χ0n) is 14.4. The summed E-state index contributed by atoms with van der Waals surface area (Å²) in [5.74, 6) is 0.264. The van der Waals surface area contributed by atoms with Crippen molar-refractivity contribution in [1.82, 2.24) is 15.2 Å². The van der Waals surface area contributed by atoms with Gasteiger partial charge in [-0.2, -0.15) is 0 Å². The molecule has 2 atom stereocenters. The molecule has 2 amide bonds. The molecule has 0 saturated carbocycles. The van der Waals surface area contributed by atoms with Gasteiger partial charge in [-0.15, -0.1) is 0 Å². The predicted molar refractivity (Wildman–Crippen MR) is 91.4 cm³/mol. The molecule has 2 heterocycles. The second-order valence-corrected chi connectivity index (χ2v) is 6.78. The van der Waals surface area contributed by atoms with E-state index in [1.165, 1.54) is 0 Å². The van der Waals surface area contributed by atoms with Crippen LogP contribution < -0.4 is 5.32 Å². The topological polar surface area (TPSA) is 82.5 Å². The first-order valence-corrected chi connectivity index (χ1v) is 8.65. The zero-order chi connectivity index (χ0) is 17.5.